The van der Waals surface area contributed by atoms with Gasteiger partial charge >= 0.3 is 5.97 Å². The van der Waals surface area contributed by atoms with Gasteiger partial charge in [0, 0.05) is 36.1 Å². The second-order valence-electron chi connectivity index (χ2n) is 16.0. The number of aromatic nitrogens is 4. The number of fused-ring (bicyclic) bond motifs is 4. The van der Waals surface area contributed by atoms with Crippen LogP contribution in [0.2, 0.25) is 0 Å². The molecule has 0 saturated carbocycles. The van der Waals surface area contributed by atoms with E-state index >= 15 is 14.4 Å². The minimum atomic E-state index is -1.69. The largest absolute Gasteiger partial charge is 0.491 e. The number of esters is 1. The summed E-state index contributed by atoms with van der Waals surface area (Å²) < 4.78 is 14.1. The van der Waals surface area contributed by atoms with Gasteiger partial charge < -0.3 is 25.2 Å². The van der Waals surface area contributed by atoms with Gasteiger partial charge in [0.15, 0.2) is 0 Å². The molecule has 2 aromatic heterocycles. The molecule has 3 aliphatic rings. The minimum absolute atomic E-state index is 0.0923. The average Bonchev–Trinajstić information content (AvgIpc) is 3.99. The van der Waals surface area contributed by atoms with E-state index in [0.29, 0.717) is 34.5 Å². The second-order valence-corrected chi connectivity index (χ2v) is 16.0. The lowest BCUT2D eigenvalue weighted by molar-refractivity contribution is -0.178. The van der Waals surface area contributed by atoms with Gasteiger partial charge in [-0.2, -0.15) is 0 Å². The monoisotopic (exact) mass is 849 g/mol. The summed E-state index contributed by atoms with van der Waals surface area (Å²) >= 11 is 0. The normalized spacial score (nSPS) is 22.2. The number of nitrogens with one attached hydrogen (secondary N) is 2. The molecule has 10 rings (SSSR count). The van der Waals surface area contributed by atoms with Crippen LogP contribution in [0.4, 0.5) is 5.69 Å². The van der Waals surface area contributed by atoms with Crippen molar-refractivity contribution in [1.29, 1.82) is 0 Å². The summed E-state index contributed by atoms with van der Waals surface area (Å²) in [4.78, 5) is 52.5. The number of aliphatic hydroxyl groups excluding tert-OH is 1. The van der Waals surface area contributed by atoms with E-state index in [1.807, 2.05) is 138 Å². The first kappa shape index (κ1) is 40.4. The number of nitrogens with zero attached hydrogens (tertiary/aromatic N) is 5. The number of pyridine rings is 1. The number of cyclic esters (lactones) is 1. The molecule has 13 nitrogen and oxygen atoms in total. The van der Waals surface area contributed by atoms with Crippen molar-refractivity contribution in [3.63, 3.8) is 0 Å². The summed E-state index contributed by atoms with van der Waals surface area (Å²) in [5.74, 6) is 4.22. The molecule has 7 aromatic rings. The van der Waals surface area contributed by atoms with Crippen LogP contribution >= 0.6 is 0 Å². The van der Waals surface area contributed by atoms with E-state index in [4.69, 9.17) is 9.47 Å². The van der Waals surface area contributed by atoms with E-state index in [0.717, 1.165) is 27.9 Å². The highest BCUT2D eigenvalue weighted by Gasteiger charge is 2.74. The van der Waals surface area contributed by atoms with E-state index in [2.05, 4.69) is 37.8 Å². The van der Waals surface area contributed by atoms with Crippen LogP contribution < -0.4 is 15.4 Å². The number of amides is 2. The number of ether oxygens (including phenoxy) is 2. The van der Waals surface area contributed by atoms with E-state index in [1.165, 1.54) is 0 Å². The third-order valence-corrected chi connectivity index (χ3v) is 12.4. The van der Waals surface area contributed by atoms with Crippen LogP contribution in [0.25, 0.3) is 11.0 Å². The first-order valence-corrected chi connectivity index (χ1v) is 21.3. The number of carbonyl (C=O) groups excluding carboxylic acids is 3. The predicted molar refractivity (Wildman–Crippen MR) is 237 cm³/mol. The smallest absolute Gasteiger partial charge is 0.324 e. The van der Waals surface area contributed by atoms with Gasteiger partial charge in [0.1, 0.15) is 42.0 Å². The van der Waals surface area contributed by atoms with E-state index < -0.39 is 53.3 Å². The van der Waals surface area contributed by atoms with Crippen LogP contribution in [0.15, 0.2) is 152 Å². The Labute approximate surface area is 369 Å². The fourth-order valence-corrected chi connectivity index (χ4v) is 9.80. The molecule has 5 aromatic carbocycles. The third kappa shape index (κ3) is 7.12. The van der Waals surface area contributed by atoms with Crippen LogP contribution in [0.1, 0.15) is 51.7 Å². The standard InChI is InChI=1S/C51H43N7O6/c59-30-31-63-38-23-21-36(22-24-38)47-51(39-32-33(20-25-40(39)54-50(51)62)12-11-29-57-42-19-8-7-18-41(42)55-56-57)43(48(60)53-28-26-37-17-9-10-27-52-37)45-49(61)64-46(35-15-5-2-6-16-35)44(58(45)47)34-13-3-1-4-14-34/h1-10,13-25,27,32,43-47,59H,26,28-31H2,(H,53,60)(H,54,62)/t43-,44-,45-,46+,47+,51-/m0/s1. The molecule has 0 aliphatic carbocycles. The van der Waals surface area contributed by atoms with Crippen LogP contribution in [-0.2, 0) is 37.5 Å². The first-order valence-electron chi connectivity index (χ1n) is 21.3. The molecule has 2 amide bonds. The Balaban J connectivity index is 1.16. The van der Waals surface area contributed by atoms with Crippen molar-refractivity contribution < 1.29 is 29.0 Å². The molecule has 1 spiro atoms. The van der Waals surface area contributed by atoms with E-state index in [-0.39, 0.29) is 26.3 Å². The molecule has 13 heteroatoms. The Morgan fingerprint density at radius 2 is 1.59 bits per heavy atom. The second kappa shape index (κ2) is 17.2. The zero-order valence-corrected chi connectivity index (χ0v) is 34.6. The lowest BCUT2D eigenvalue weighted by Gasteiger charge is -2.46. The van der Waals surface area contributed by atoms with Crippen molar-refractivity contribution in [1.82, 2.24) is 30.2 Å². The Bertz CT molecular complexity index is 2900. The maximum absolute atomic E-state index is 15.5. The number of hydrogen-bond donors (Lipinski definition) is 3. The van der Waals surface area contributed by atoms with Crippen molar-refractivity contribution in [3.8, 4) is 17.6 Å². The summed E-state index contributed by atoms with van der Waals surface area (Å²) in [5.41, 5.74) is 4.63. The average molecular weight is 850 g/mol. The number of anilines is 1. The highest BCUT2D eigenvalue weighted by atomic mass is 16.6. The van der Waals surface area contributed by atoms with Gasteiger partial charge in [0.25, 0.3) is 0 Å². The predicted octanol–water partition coefficient (Wildman–Crippen LogP) is 5.88. The fraction of sp³-hybridized carbons (Fsp3) is 0.216. The van der Waals surface area contributed by atoms with Crippen molar-refractivity contribution in [2.24, 2.45) is 5.92 Å². The molecule has 6 atom stereocenters. The minimum Gasteiger partial charge on any atom is -0.491 e. The first-order chi connectivity index (χ1) is 31.4. The van der Waals surface area contributed by atoms with Gasteiger partial charge in [-0.1, -0.05) is 108 Å². The summed E-state index contributed by atoms with van der Waals surface area (Å²) in [6.45, 7) is 0.391. The van der Waals surface area contributed by atoms with Crippen LogP contribution in [-0.4, -0.2) is 73.6 Å². The summed E-state index contributed by atoms with van der Waals surface area (Å²) in [6, 6.07) is 42.6. The van der Waals surface area contributed by atoms with Crippen molar-refractivity contribution in [2.45, 2.75) is 42.6 Å². The summed E-state index contributed by atoms with van der Waals surface area (Å²) in [7, 11) is 0. The molecule has 2 fully saturated rings. The quantitative estimate of drug-likeness (QED) is 0.106. The lowest BCUT2D eigenvalue weighted by Crippen LogP contribution is -2.55. The number of hydrogen-bond acceptors (Lipinski definition) is 10. The number of aliphatic hydroxyl groups is 1. The maximum atomic E-state index is 15.5. The fourth-order valence-electron chi connectivity index (χ4n) is 9.80. The molecule has 0 bridgehead atoms. The Hall–Kier alpha value is -7.66. The van der Waals surface area contributed by atoms with Crippen molar-refractivity contribution in [2.75, 3.05) is 25.1 Å². The third-order valence-electron chi connectivity index (χ3n) is 12.4. The SMILES string of the molecule is O=C1O[C@H](c2ccccc2)[C@H](c2ccccc2)N2[C@H]1[C@@H](C(=O)NCCc1ccccn1)[C@]1(C(=O)Nc3ccc(C#CCn4nnc5ccccc54)cc31)[C@H]2c1ccc(OCCO)cc1. The van der Waals surface area contributed by atoms with Gasteiger partial charge in [0.05, 0.1) is 30.1 Å². The molecule has 0 unspecified atom stereocenters. The van der Waals surface area contributed by atoms with Gasteiger partial charge in [-0.15, -0.1) is 5.10 Å². The number of morpholine rings is 1. The molecule has 2 saturated heterocycles. The highest BCUT2D eigenvalue weighted by Crippen LogP contribution is 2.64. The summed E-state index contributed by atoms with van der Waals surface area (Å²) in [6.07, 6.45) is 1.32. The molecule has 3 aliphatic heterocycles. The molecular formula is C51H43N7O6. The van der Waals surface area contributed by atoms with E-state index in [1.54, 1.807) is 23.0 Å². The number of benzene rings is 5. The zero-order chi connectivity index (χ0) is 43.6. The van der Waals surface area contributed by atoms with Gasteiger partial charge in [-0.25, -0.2) is 4.68 Å². The maximum Gasteiger partial charge on any atom is 0.324 e. The van der Waals surface area contributed by atoms with E-state index in [9.17, 15) is 5.11 Å². The molecule has 5 heterocycles. The number of para-hydroxylation sites is 1. The zero-order valence-electron chi connectivity index (χ0n) is 34.6. The highest BCUT2D eigenvalue weighted by molar-refractivity contribution is 6.12. The van der Waals surface area contributed by atoms with Crippen molar-refractivity contribution in [3.05, 3.63) is 185 Å². The molecule has 64 heavy (non-hydrogen) atoms. The Morgan fingerprint density at radius 3 is 2.36 bits per heavy atom. The molecule has 0 radical (unpaired) electrons. The molecule has 3 N–H and O–H groups in total. The Morgan fingerprint density at radius 1 is 0.844 bits per heavy atom. The van der Waals surface area contributed by atoms with Gasteiger partial charge in [0.2, 0.25) is 11.8 Å². The number of carbonyl (C=O) groups is 3. The van der Waals surface area contributed by atoms with Gasteiger partial charge in [-0.3, -0.25) is 24.3 Å². The van der Waals surface area contributed by atoms with Crippen LogP contribution in [0, 0.1) is 17.8 Å². The lowest BCUT2D eigenvalue weighted by atomic mass is 9.65. The molecular weight excluding hydrogens is 807 g/mol. The van der Waals surface area contributed by atoms with Gasteiger partial charge in [-0.05, 0) is 76.9 Å². The van der Waals surface area contributed by atoms with Crippen molar-refractivity contribution >= 4 is 34.5 Å². The topological polar surface area (TPSA) is 161 Å². The van der Waals surface area contributed by atoms with Crippen LogP contribution in [0.5, 0.6) is 5.75 Å². The Kier molecular flexibility index (Phi) is 10.9. The van der Waals surface area contributed by atoms with Crippen LogP contribution in [0.3, 0.4) is 0 Å². The summed E-state index contributed by atoms with van der Waals surface area (Å²) in [5, 5.41) is 24.4. The number of rotatable bonds is 11. The molecule has 318 valence electrons.